The Bertz CT molecular complexity index is 483. The molecule has 0 atom stereocenters. The molecule has 2 N–H and O–H groups in total. The third-order valence-electron chi connectivity index (χ3n) is 2.45. The Labute approximate surface area is 115 Å². The van der Waals surface area contributed by atoms with Crippen LogP contribution in [-0.4, -0.2) is 18.2 Å². The highest BCUT2D eigenvalue weighted by Crippen LogP contribution is 2.29. The number of carbonyl (C=O) groups is 1. The van der Waals surface area contributed by atoms with Gasteiger partial charge in [0.05, 0.1) is 18.4 Å². The number of rotatable bonds is 4. The molecule has 0 aliphatic heterocycles. The third-order valence-corrected chi connectivity index (χ3v) is 3.31. The van der Waals surface area contributed by atoms with Crippen LogP contribution in [0.3, 0.4) is 0 Å². The highest BCUT2D eigenvalue weighted by molar-refractivity contribution is 9.10. The number of nitrogens with one attached hydrogen (secondary N) is 1. The summed E-state index contributed by atoms with van der Waals surface area (Å²) in [6, 6.07) is 3.41. The standard InChI is InChI=1S/C13H16BrNO3/c1-4-5-11(16)15-12-8(2)10(14)7-6-9(12)13(17)18-3/h5-7,15-16H,4H2,1-3H3/b11-5-. The van der Waals surface area contributed by atoms with Crippen LogP contribution in [0.25, 0.3) is 0 Å². The van der Waals surface area contributed by atoms with Gasteiger partial charge in [0.2, 0.25) is 0 Å². The van der Waals surface area contributed by atoms with Crippen molar-refractivity contribution in [3.05, 3.63) is 39.7 Å². The molecule has 0 aliphatic carbocycles. The first-order valence-corrected chi connectivity index (χ1v) is 6.34. The fraction of sp³-hybridized carbons (Fsp3) is 0.308. The van der Waals surface area contributed by atoms with Crippen LogP contribution in [0.5, 0.6) is 0 Å². The minimum Gasteiger partial charge on any atom is -0.495 e. The molecule has 1 aromatic carbocycles. The molecule has 0 bridgehead atoms. The molecule has 0 unspecified atom stereocenters. The Morgan fingerprint density at radius 3 is 2.78 bits per heavy atom. The second kappa shape index (κ2) is 6.44. The van der Waals surface area contributed by atoms with Crippen molar-refractivity contribution in [2.24, 2.45) is 0 Å². The van der Waals surface area contributed by atoms with E-state index in [1.165, 1.54) is 7.11 Å². The summed E-state index contributed by atoms with van der Waals surface area (Å²) in [6.07, 6.45) is 2.32. The number of hydrogen-bond acceptors (Lipinski definition) is 4. The summed E-state index contributed by atoms with van der Waals surface area (Å²) in [4.78, 5) is 11.7. The molecule has 0 radical (unpaired) electrons. The summed E-state index contributed by atoms with van der Waals surface area (Å²) < 4.78 is 5.57. The average molecular weight is 314 g/mol. The first-order valence-electron chi connectivity index (χ1n) is 5.54. The number of benzene rings is 1. The molecule has 98 valence electrons. The number of halogens is 1. The Morgan fingerprint density at radius 2 is 2.22 bits per heavy atom. The van der Waals surface area contributed by atoms with Gasteiger partial charge in [-0.3, -0.25) is 0 Å². The van der Waals surface area contributed by atoms with E-state index in [1.807, 2.05) is 13.8 Å². The third kappa shape index (κ3) is 3.26. The molecule has 0 aromatic heterocycles. The van der Waals surface area contributed by atoms with Gasteiger partial charge >= 0.3 is 5.97 Å². The Kier molecular flexibility index (Phi) is 5.22. The molecule has 0 spiro atoms. The number of aliphatic hydroxyl groups excluding tert-OH is 1. The zero-order chi connectivity index (χ0) is 13.7. The molecule has 0 saturated carbocycles. The van der Waals surface area contributed by atoms with Crippen LogP contribution in [0.15, 0.2) is 28.6 Å². The number of carbonyl (C=O) groups excluding carboxylic acids is 1. The normalized spacial score (nSPS) is 11.2. The van der Waals surface area contributed by atoms with E-state index in [9.17, 15) is 9.90 Å². The summed E-state index contributed by atoms with van der Waals surface area (Å²) in [5.74, 6) is -0.429. The highest BCUT2D eigenvalue weighted by atomic mass is 79.9. The molecule has 5 heteroatoms. The van der Waals surface area contributed by atoms with Crippen molar-refractivity contribution >= 4 is 27.6 Å². The molecule has 0 aliphatic rings. The maximum atomic E-state index is 11.7. The molecule has 18 heavy (non-hydrogen) atoms. The van der Waals surface area contributed by atoms with E-state index < -0.39 is 5.97 Å². The van der Waals surface area contributed by atoms with Gasteiger partial charge in [0.1, 0.15) is 0 Å². The van der Waals surface area contributed by atoms with Gasteiger partial charge in [0.25, 0.3) is 0 Å². The number of hydrogen-bond donors (Lipinski definition) is 2. The molecule has 0 fully saturated rings. The zero-order valence-corrected chi connectivity index (χ0v) is 12.2. The van der Waals surface area contributed by atoms with Gasteiger partial charge < -0.3 is 15.2 Å². The van der Waals surface area contributed by atoms with Crippen molar-refractivity contribution in [2.75, 3.05) is 12.4 Å². The van der Waals surface area contributed by atoms with Gasteiger partial charge in [-0.2, -0.15) is 0 Å². The van der Waals surface area contributed by atoms with E-state index in [4.69, 9.17) is 4.74 Å². The Morgan fingerprint density at radius 1 is 1.56 bits per heavy atom. The highest BCUT2D eigenvalue weighted by Gasteiger charge is 2.16. The van der Waals surface area contributed by atoms with Crippen molar-refractivity contribution < 1.29 is 14.6 Å². The molecule has 4 nitrogen and oxygen atoms in total. The smallest absolute Gasteiger partial charge is 0.339 e. The minimum atomic E-state index is -0.447. The first-order chi connectivity index (χ1) is 8.51. The lowest BCUT2D eigenvalue weighted by Crippen LogP contribution is -2.10. The number of aliphatic hydroxyl groups is 1. The van der Waals surface area contributed by atoms with Gasteiger partial charge in [-0.25, -0.2) is 4.79 Å². The molecular weight excluding hydrogens is 298 g/mol. The monoisotopic (exact) mass is 313 g/mol. The van der Waals surface area contributed by atoms with Crippen LogP contribution < -0.4 is 5.32 Å². The van der Waals surface area contributed by atoms with Crippen molar-refractivity contribution in [2.45, 2.75) is 20.3 Å². The number of methoxy groups -OCH3 is 1. The van der Waals surface area contributed by atoms with Crippen molar-refractivity contribution in [1.29, 1.82) is 0 Å². The van der Waals surface area contributed by atoms with E-state index in [0.717, 1.165) is 10.0 Å². The second-order valence-electron chi connectivity index (χ2n) is 3.71. The summed E-state index contributed by atoms with van der Waals surface area (Å²) in [5, 5.41) is 12.5. The SMILES string of the molecule is CC/C=C(\O)Nc1c(C(=O)OC)ccc(Br)c1C. The van der Waals surface area contributed by atoms with Gasteiger partial charge in [-0.15, -0.1) is 0 Å². The van der Waals surface area contributed by atoms with Crippen LogP contribution in [-0.2, 0) is 4.74 Å². The van der Waals surface area contributed by atoms with Gasteiger partial charge in [-0.1, -0.05) is 22.9 Å². The molecular formula is C13H16BrNO3. The summed E-state index contributed by atoms with van der Waals surface area (Å²) in [6.45, 7) is 3.75. The zero-order valence-electron chi connectivity index (χ0n) is 10.6. The van der Waals surface area contributed by atoms with Crippen molar-refractivity contribution in [1.82, 2.24) is 0 Å². The second-order valence-corrected chi connectivity index (χ2v) is 4.56. The number of anilines is 1. The largest absolute Gasteiger partial charge is 0.495 e. The van der Waals surface area contributed by atoms with Gasteiger partial charge in [0, 0.05) is 4.47 Å². The van der Waals surface area contributed by atoms with Crippen LogP contribution >= 0.6 is 15.9 Å². The van der Waals surface area contributed by atoms with E-state index in [-0.39, 0.29) is 5.88 Å². The lowest BCUT2D eigenvalue weighted by Gasteiger charge is -2.14. The Balaban J connectivity index is 3.25. The molecule has 1 aromatic rings. The molecule has 0 amide bonds. The summed E-state index contributed by atoms with van der Waals surface area (Å²) in [7, 11) is 1.32. The van der Waals surface area contributed by atoms with Crippen LogP contribution in [0.2, 0.25) is 0 Å². The van der Waals surface area contributed by atoms with Crippen LogP contribution in [0, 0.1) is 6.92 Å². The van der Waals surface area contributed by atoms with Crippen molar-refractivity contribution in [3.8, 4) is 0 Å². The predicted molar refractivity (Wildman–Crippen MR) is 74.8 cm³/mol. The molecule has 0 saturated heterocycles. The average Bonchev–Trinajstić information content (AvgIpc) is 2.34. The number of esters is 1. The van der Waals surface area contributed by atoms with E-state index in [0.29, 0.717) is 17.7 Å². The maximum absolute atomic E-state index is 11.7. The molecule has 1 rings (SSSR count). The Hall–Kier alpha value is -1.49. The van der Waals surface area contributed by atoms with Crippen LogP contribution in [0.4, 0.5) is 5.69 Å². The first kappa shape index (κ1) is 14.6. The minimum absolute atomic E-state index is 0.0175. The van der Waals surface area contributed by atoms with E-state index in [2.05, 4.69) is 21.2 Å². The predicted octanol–water partition coefficient (Wildman–Crippen LogP) is 3.77. The lowest BCUT2D eigenvalue weighted by atomic mass is 10.1. The summed E-state index contributed by atoms with van der Waals surface area (Å²) >= 11 is 3.39. The van der Waals surface area contributed by atoms with Gasteiger partial charge in [0.15, 0.2) is 5.88 Å². The fourth-order valence-electron chi connectivity index (χ4n) is 1.50. The van der Waals surface area contributed by atoms with Crippen LogP contribution in [0.1, 0.15) is 29.3 Å². The molecule has 0 heterocycles. The van der Waals surface area contributed by atoms with Crippen molar-refractivity contribution in [3.63, 3.8) is 0 Å². The van der Waals surface area contributed by atoms with Gasteiger partial charge in [-0.05, 0) is 37.1 Å². The maximum Gasteiger partial charge on any atom is 0.339 e. The quantitative estimate of drug-likeness (QED) is 0.656. The topological polar surface area (TPSA) is 58.6 Å². The fourth-order valence-corrected chi connectivity index (χ4v) is 1.83. The summed E-state index contributed by atoms with van der Waals surface area (Å²) in [5.41, 5.74) is 1.75. The van der Waals surface area contributed by atoms with E-state index in [1.54, 1.807) is 18.2 Å². The number of allylic oxidation sites excluding steroid dienone is 1. The lowest BCUT2D eigenvalue weighted by molar-refractivity contribution is 0.0602. The number of ether oxygens (including phenoxy) is 1. The van der Waals surface area contributed by atoms with E-state index >= 15 is 0 Å².